The molecule has 0 saturated heterocycles. The largest absolute Gasteiger partial charge is 0.480 e. The van der Waals surface area contributed by atoms with Gasteiger partial charge in [0.25, 0.3) is 0 Å². The van der Waals surface area contributed by atoms with Crippen LogP contribution in [0.1, 0.15) is 30.9 Å². The summed E-state index contributed by atoms with van der Waals surface area (Å²) >= 11 is 0. The van der Waals surface area contributed by atoms with Gasteiger partial charge in [-0.3, -0.25) is 4.98 Å². The number of ether oxygens (including phenoxy) is 1. The molecular weight excluding hydrogens is 202 g/mol. The molecule has 0 amide bonds. The molecule has 1 heterocycles. The number of hydrogen-bond acceptors (Lipinski definition) is 4. The van der Waals surface area contributed by atoms with Gasteiger partial charge in [-0.15, -0.1) is 0 Å². The summed E-state index contributed by atoms with van der Waals surface area (Å²) in [6, 6.07) is 0. The summed E-state index contributed by atoms with van der Waals surface area (Å²) in [5.41, 5.74) is 1.03. The zero-order chi connectivity index (χ0) is 11.4. The minimum Gasteiger partial charge on any atom is -0.480 e. The van der Waals surface area contributed by atoms with E-state index in [-0.39, 0.29) is 0 Å². The Morgan fingerprint density at radius 2 is 2.19 bits per heavy atom. The average Bonchev–Trinajstić information content (AvgIpc) is 2.77. The highest BCUT2D eigenvalue weighted by molar-refractivity contribution is 5.23. The van der Waals surface area contributed by atoms with Crippen LogP contribution in [0.25, 0.3) is 0 Å². The standard InChI is InChI=1S/C12H19N3O/c1-13-8-9-4-3-5-10(9)11-12(16-2)15-7-6-14-11/h6-7,9-10,13H,3-5,8H2,1-2H3. The first-order valence-corrected chi connectivity index (χ1v) is 5.86. The van der Waals surface area contributed by atoms with E-state index in [1.807, 2.05) is 7.05 Å². The molecule has 1 aromatic heterocycles. The van der Waals surface area contributed by atoms with Crippen LogP contribution in [0, 0.1) is 5.92 Å². The summed E-state index contributed by atoms with van der Waals surface area (Å²) < 4.78 is 5.29. The lowest BCUT2D eigenvalue weighted by atomic mass is 9.92. The van der Waals surface area contributed by atoms with Crippen LogP contribution in [-0.4, -0.2) is 30.7 Å². The monoisotopic (exact) mass is 221 g/mol. The van der Waals surface area contributed by atoms with Crippen molar-refractivity contribution in [2.45, 2.75) is 25.2 Å². The van der Waals surface area contributed by atoms with Crippen molar-refractivity contribution in [3.05, 3.63) is 18.1 Å². The number of methoxy groups -OCH3 is 1. The highest BCUT2D eigenvalue weighted by Crippen LogP contribution is 2.40. The Hall–Kier alpha value is -1.16. The number of rotatable bonds is 4. The van der Waals surface area contributed by atoms with Crippen LogP contribution in [0.2, 0.25) is 0 Å². The third kappa shape index (κ3) is 2.16. The lowest BCUT2D eigenvalue weighted by molar-refractivity contribution is 0.371. The summed E-state index contributed by atoms with van der Waals surface area (Å²) in [6.45, 7) is 1.05. The van der Waals surface area contributed by atoms with Crippen molar-refractivity contribution in [1.29, 1.82) is 0 Å². The molecule has 2 unspecified atom stereocenters. The maximum absolute atomic E-state index is 5.29. The number of nitrogens with zero attached hydrogens (tertiary/aromatic N) is 2. The average molecular weight is 221 g/mol. The van der Waals surface area contributed by atoms with E-state index in [0.29, 0.717) is 17.7 Å². The second-order valence-corrected chi connectivity index (χ2v) is 4.31. The second-order valence-electron chi connectivity index (χ2n) is 4.31. The first-order chi connectivity index (χ1) is 7.86. The van der Waals surface area contributed by atoms with Crippen LogP contribution in [0.4, 0.5) is 0 Å². The smallest absolute Gasteiger partial charge is 0.235 e. The number of nitrogens with one attached hydrogen (secondary N) is 1. The van der Waals surface area contributed by atoms with E-state index in [1.165, 1.54) is 19.3 Å². The minimum absolute atomic E-state index is 0.496. The van der Waals surface area contributed by atoms with Gasteiger partial charge >= 0.3 is 0 Å². The molecule has 2 atom stereocenters. The Morgan fingerprint density at radius 3 is 2.94 bits per heavy atom. The summed E-state index contributed by atoms with van der Waals surface area (Å²) in [7, 11) is 3.67. The molecule has 0 aliphatic heterocycles. The van der Waals surface area contributed by atoms with Gasteiger partial charge in [0.2, 0.25) is 5.88 Å². The summed E-state index contributed by atoms with van der Waals surface area (Å²) in [4.78, 5) is 8.68. The molecule has 4 heteroatoms. The fourth-order valence-corrected chi connectivity index (χ4v) is 2.65. The Kier molecular flexibility index (Phi) is 3.72. The van der Waals surface area contributed by atoms with Crippen molar-refractivity contribution in [2.75, 3.05) is 20.7 Å². The van der Waals surface area contributed by atoms with Gasteiger partial charge in [-0.05, 0) is 32.4 Å². The van der Waals surface area contributed by atoms with E-state index >= 15 is 0 Å². The number of aromatic nitrogens is 2. The molecule has 88 valence electrons. The van der Waals surface area contributed by atoms with Crippen LogP contribution in [0.3, 0.4) is 0 Å². The summed E-state index contributed by atoms with van der Waals surface area (Å²) in [6.07, 6.45) is 7.18. The zero-order valence-electron chi connectivity index (χ0n) is 9.94. The van der Waals surface area contributed by atoms with Crippen molar-refractivity contribution >= 4 is 0 Å². The molecule has 1 N–H and O–H groups in total. The van der Waals surface area contributed by atoms with E-state index in [4.69, 9.17) is 4.74 Å². The van der Waals surface area contributed by atoms with Gasteiger partial charge in [0, 0.05) is 18.3 Å². The topological polar surface area (TPSA) is 47.0 Å². The number of hydrogen-bond donors (Lipinski definition) is 1. The molecule has 0 spiro atoms. The Labute approximate surface area is 96.4 Å². The van der Waals surface area contributed by atoms with E-state index in [9.17, 15) is 0 Å². The molecular formula is C12H19N3O. The van der Waals surface area contributed by atoms with E-state index in [2.05, 4.69) is 15.3 Å². The maximum atomic E-state index is 5.29. The molecule has 1 aliphatic carbocycles. The zero-order valence-corrected chi connectivity index (χ0v) is 9.94. The molecule has 2 rings (SSSR count). The van der Waals surface area contributed by atoms with E-state index < -0.39 is 0 Å². The fourth-order valence-electron chi connectivity index (χ4n) is 2.65. The van der Waals surface area contributed by atoms with Gasteiger partial charge in [0.1, 0.15) is 5.69 Å². The Morgan fingerprint density at radius 1 is 1.38 bits per heavy atom. The quantitative estimate of drug-likeness (QED) is 0.838. The normalized spacial score (nSPS) is 24.6. The predicted octanol–water partition coefficient (Wildman–Crippen LogP) is 1.59. The Balaban J connectivity index is 2.21. The molecule has 1 aromatic rings. The second kappa shape index (κ2) is 5.25. The Bertz CT molecular complexity index is 343. The molecule has 1 saturated carbocycles. The van der Waals surface area contributed by atoms with Gasteiger partial charge < -0.3 is 10.1 Å². The molecule has 0 aromatic carbocycles. The first-order valence-electron chi connectivity index (χ1n) is 5.86. The fraction of sp³-hybridized carbons (Fsp3) is 0.667. The van der Waals surface area contributed by atoms with Crippen molar-refractivity contribution in [2.24, 2.45) is 5.92 Å². The summed E-state index contributed by atoms with van der Waals surface area (Å²) in [5, 5.41) is 3.26. The van der Waals surface area contributed by atoms with Crippen LogP contribution in [0.5, 0.6) is 5.88 Å². The molecule has 1 aliphatic rings. The predicted molar refractivity (Wildman–Crippen MR) is 62.6 cm³/mol. The van der Waals surface area contributed by atoms with Crippen molar-refractivity contribution in [3.63, 3.8) is 0 Å². The van der Waals surface area contributed by atoms with Crippen molar-refractivity contribution in [3.8, 4) is 5.88 Å². The van der Waals surface area contributed by atoms with Crippen molar-refractivity contribution in [1.82, 2.24) is 15.3 Å². The third-order valence-corrected chi connectivity index (χ3v) is 3.36. The van der Waals surface area contributed by atoms with Crippen LogP contribution in [-0.2, 0) is 0 Å². The van der Waals surface area contributed by atoms with Gasteiger partial charge in [-0.25, -0.2) is 4.98 Å². The van der Waals surface area contributed by atoms with Gasteiger partial charge in [-0.2, -0.15) is 0 Å². The highest BCUT2D eigenvalue weighted by Gasteiger charge is 2.31. The first kappa shape index (κ1) is 11.3. The molecule has 16 heavy (non-hydrogen) atoms. The molecule has 0 radical (unpaired) electrons. The molecule has 1 fully saturated rings. The SMILES string of the molecule is CNCC1CCCC1c1nccnc1OC. The van der Waals surface area contributed by atoms with Crippen LogP contribution >= 0.6 is 0 Å². The molecule has 4 nitrogen and oxygen atoms in total. The minimum atomic E-state index is 0.496. The maximum Gasteiger partial charge on any atom is 0.235 e. The van der Waals surface area contributed by atoms with Crippen LogP contribution in [0.15, 0.2) is 12.4 Å². The molecule has 0 bridgehead atoms. The van der Waals surface area contributed by atoms with Crippen LogP contribution < -0.4 is 10.1 Å². The van der Waals surface area contributed by atoms with Gasteiger partial charge in [-0.1, -0.05) is 6.42 Å². The highest BCUT2D eigenvalue weighted by atomic mass is 16.5. The lowest BCUT2D eigenvalue weighted by Crippen LogP contribution is -2.22. The van der Waals surface area contributed by atoms with E-state index in [1.54, 1.807) is 19.5 Å². The van der Waals surface area contributed by atoms with Gasteiger partial charge in [0.05, 0.1) is 7.11 Å². The lowest BCUT2D eigenvalue weighted by Gasteiger charge is -2.19. The summed E-state index contributed by atoms with van der Waals surface area (Å²) in [5.74, 6) is 1.85. The third-order valence-electron chi connectivity index (χ3n) is 3.36. The van der Waals surface area contributed by atoms with Crippen molar-refractivity contribution < 1.29 is 4.74 Å². The van der Waals surface area contributed by atoms with Gasteiger partial charge in [0.15, 0.2) is 0 Å². The van der Waals surface area contributed by atoms with E-state index in [0.717, 1.165) is 12.2 Å².